The lowest BCUT2D eigenvalue weighted by Crippen LogP contribution is -2.24. The summed E-state index contributed by atoms with van der Waals surface area (Å²) < 4.78 is 7.53. The Hall–Kier alpha value is -3.60. The molecule has 3 aromatic carbocycles. The maximum Gasteiger partial charge on any atom is 0.251 e. The lowest BCUT2D eigenvalue weighted by molar-refractivity contribution is 0.0952. The molecule has 0 atom stereocenters. The number of carbonyl (C=O) groups excluding carboxylic acids is 1. The maximum atomic E-state index is 12.3. The minimum Gasteiger partial charge on any atom is -0.497 e. The van der Waals surface area contributed by atoms with E-state index in [0.717, 1.165) is 43.6 Å². The average Bonchev–Trinajstić information content (AvgIpc) is 3.19. The van der Waals surface area contributed by atoms with Crippen LogP contribution in [-0.4, -0.2) is 29.1 Å². The Labute approximate surface area is 195 Å². The Balaban J connectivity index is 1.31. The molecule has 4 aromatic rings. The molecule has 0 saturated heterocycles. The van der Waals surface area contributed by atoms with Crippen LogP contribution >= 0.6 is 0 Å². The third kappa shape index (κ3) is 5.80. The van der Waals surface area contributed by atoms with Crippen LogP contribution in [0.5, 0.6) is 5.75 Å². The average molecular weight is 442 g/mol. The van der Waals surface area contributed by atoms with Crippen molar-refractivity contribution in [1.29, 1.82) is 0 Å². The quantitative estimate of drug-likeness (QED) is 0.329. The molecule has 1 N–H and O–H groups in total. The second kappa shape index (κ2) is 10.8. The summed E-state index contributed by atoms with van der Waals surface area (Å²) in [4.78, 5) is 17.2. The van der Waals surface area contributed by atoms with E-state index in [4.69, 9.17) is 9.72 Å². The van der Waals surface area contributed by atoms with Crippen LogP contribution in [0, 0.1) is 6.92 Å². The van der Waals surface area contributed by atoms with Crippen molar-refractivity contribution in [3.63, 3.8) is 0 Å². The third-order valence-electron chi connectivity index (χ3n) is 5.89. The minimum atomic E-state index is -0.0613. The van der Waals surface area contributed by atoms with Crippen molar-refractivity contribution in [2.75, 3.05) is 13.7 Å². The number of fused-ring (bicyclic) bond motifs is 1. The molecule has 0 aliphatic rings. The van der Waals surface area contributed by atoms with E-state index >= 15 is 0 Å². The van der Waals surface area contributed by atoms with Gasteiger partial charge in [-0.2, -0.15) is 0 Å². The number of imidazole rings is 1. The van der Waals surface area contributed by atoms with Crippen molar-refractivity contribution in [3.05, 3.63) is 95.3 Å². The van der Waals surface area contributed by atoms with E-state index in [1.165, 1.54) is 16.6 Å². The van der Waals surface area contributed by atoms with Gasteiger partial charge < -0.3 is 14.6 Å². The van der Waals surface area contributed by atoms with Crippen molar-refractivity contribution in [2.24, 2.45) is 0 Å². The summed E-state index contributed by atoms with van der Waals surface area (Å²) in [6.07, 6.45) is 3.93. The number of unbranched alkanes of at least 4 members (excludes halogenated alkanes) is 2. The number of rotatable bonds is 10. The van der Waals surface area contributed by atoms with Gasteiger partial charge in [0.2, 0.25) is 0 Å². The summed E-state index contributed by atoms with van der Waals surface area (Å²) in [7, 11) is 1.60. The SMILES string of the molecule is COc1cccc(C(=O)NCCCCCc2nc3ccccc3n2Cc2ccc(C)cc2)c1. The molecule has 0 aliphatic carbocycles. The van der Waals surface area contributed by atoms with E-state index in [1.54, 1.807) is 19.2 Å². The fourth-order valence-corrected chi connectivity index (χ4v) is 4.02. The highest BCUT2D eigenvalue weighted by Crippen LogP contribution is 2.20. The molecule has 0 aliphatic heterocycles. The normalized spacial score (nSPS) is 11.0. The van der Waals surface area contributed by atoms with E-state index in [9.17, 15) is 4.79 Å². The molecule has 0 saturated carbocycles. The Bertz CT molecular complexity index is 1210. The Morgan fingerprint density at radius 3 is 2.61 bits per heavy atom. The summed E-state index contributed by atoms with van der Waals surface area (Å²) in [6, 6.07) is 24.3. The number of carbonyl (C=O) groups is 1. The number of aromatic nitrogens is 2. The van der Waals surface area contributed by atoms with Gasteiger partial charge in [-0.25, -0.2) is 4.98 Å². The number of hydrogen-bond acceptors (Lipinski definition) is 3. The highest BCUT2D eigenvalue weighted by molar-refractivity contribution is 5.94. The zero-order chi connectivity index (χ0) is 23.0. The zero-order valence-corrected chi connectivity index (χ0v) is 19.4. The number of benzene rings is 3. The molecule has 1 aromatic heterocycles. The largest absolute Gasteiger partial charge is 0.497 e. The predicted octanol–water partition coefficient (Wildman–Crippen LogP) is 5.54. The first kappa shape index (κ1) is 22.6. The molecule has 0 bridgehead atoms. The first-order valence-corrected chi connectivity index (χ1v) is 11.6. The standard InChI is InChI=1S/C28H31N3O2/c1-21-14-16-22(17-15-21)20-31-26-12-6-5-11-25(26)30-27(31)13-4-3-7-18-29-28(32)23-9-8-10-24(19-23)33-2/h5-6,8-12,14-17,19H,3-4,7,13,18,20H2,1-2H3,(H,29,32). The number of nitrogens with zero attached hydrogens (tertiary/aromatic N) is 2. The van der Waals surface area contributed by atoms with E-state index in [-0.39, 0.29) is 5.91 Å². The fourth-order valence-electron chi connectivity index (χ4n) is 4.02. The van der Waals surface area contributed by atoms with Gasteiger partial charge in [-0.05, 0) is 55.7 Å². The Morgan fingerprint density at radius 2 is 1.79 bits per heavy atom. The van der Waals surface area contributed by atoms with E-state index in [2.05, 4.69) is 59.3 Å². The number of hydrogen-bond donors (Lipinski definition) is 1. The van der Waals surface area contributed by atoms with Gasteiger partial charge in [-0.3, -0.25) is 4.79 Å². The van der Waals surface area contributed by atoms with Crippen LogP contribution in [0.15, 0.2) is 72.8 Å². The maximum absolute atomic E-state index is 12.3. The fraction of sp³-hybridized carbons (Fsp3) is 0.286. The molecule has 5 heteroatoms. The molecule has 4 rings (SSSR count). The van der Waals surface area contributed by atoms with Crippen LogP contribution in [-0.2, 0) is 13.0 Å². The van der Waals surface area contributed by atoms with Crippen LogP contribution in [0.3, 0.4) is 0 Å². The second-order valence-electron chi connectivity index (χ2n) is 8.39. The van der Waals surface area contributed by atoms with Crippen molar-refractivity contribution >= 4 is 16.9 Å². The first-order valence-electron chi connectivity index (χ1n) is 11.6. The Kier molecular flexibility index (Phi) is 7.40. The van der Waals surface area contributed by atoms with Gasteiger partial charge in [0, 0.05) is 25.1 Å². The lowest BCUT2D eigenvalue weighted by Gasteiger charge is -2.10. The lowest BCUT2D eigenvalue weighted by atomic mass is 10.1. The van der Waals surface area contributed by atoms with Gasteiger partial charge in [0.1, 0.15) is 11.6 Å². The number of para-hydroxylation sites is 2. The summed E-state index contributed by atoms with van der Waals surface area (Å²) in [5, 5.41) is 3.00. The van der Waals surface area contributed by atoms with Gasteiger partial charge in [-0.15, -0.1) is 0 Å². The van der Waals surface area contributed by atoms with Gasteiger partial charge in [0.05, 0.1) is 18.1 Å². The Morgan fingerprint density at radius 1 is 0.970 bits per heavy atom. The first-order chi connectivity index (χ1) is 16.1. The number of ether oxygens (including phenoxy) is 1. The molecule has 0 radical (unpaired) electrons. The summed E-state index contributed by atoms with van der Waals surface area (Å²) in [5.41, 5.74) is 5.40. The van der Waals surface area contributed by atoms with E-state index < -0.39 is 0 Å². The third-order valence-corrected chi connectivity index (χ3v) is 5.89. The molecule has 0 fully saturated rings. The molecular formula is C28H31N3O2. The molecule has 5 nitrogen and oxygen atoms in total. The van der Waals surface area contributed by atoms with Crippen molar-refractivity contribution in [2.45, 2.75) is 39.2 Å². The zero-order valence-electron chi connectivity index (χ0n) is 19.4. The van der Waals surface area contributed by atoms with Gasteiger partial charge >= 0.3 is 0 Å². The van der Waals surface area contributed by atoms with Crippen molar-refractivity contribution in [1.82, 2.24) is 14.9 Å². The van der Waals surface area contributed by atoms with Crippen LogP contribution in [0.1, 0.15) is 46.6 Å². The van der Waals surface area contributed by atoms with Crippen LogP contribution in [0.2, 0.25) is 0 Å². The molecule has 1 amide bonds. The van der Waals surface area contributed by atoms with Crippen molar-refractivity contribution < 1.29 is 9.53 Å². The van der Waals surface area contributed by atoms with Crippen LogP contribution < -0.4 is 10.1 Å². The summed E-state index contributed by atoms with van der Waals surface area (Å²) >= 11 is 0. The summed E-state index contributed by atoms with van der Waals surface area (Å²) in [6.45, 7) is 3.60. The molecule has 0 spiro atoms. The molecule has 0 unspecified atom stereocenters. The van der Waals surface area contributed by atoms with Gasteiger partial charge in [-0.1, -0.05) is 54.4 Å². The van der Waals surface area contributed by atoms with Crippen molar-refractivity contribution in [3.8, 4) is 5.75 Å². The number of methoxy groups -OCH3 is 1. The van der Waals surface area contributed by atoms with E-state index in [1.807, 2.05) is 18.2 Å². The molecular weight excluding hydrogens is 410 g/mol. The molecule has 1 heterocycles. The van der Waals surface area contributed by atoms with Gasteiger partial charge in [0.25, 0.3) is 5.91 Å². The van der Waals surface area contributed by atoms with E-state index in [0.29, 0.717) is 17.9 Å². The van der Waals surface area contributed by atoms with Crippen LogP contribution in [0.25, 0.3) is 11.0 Å². The summed E-state index contributed by atoms with van der Waals surface area (Å²) in [5.74, 6) is 1.75. The molecule has 33 heavy (non-hydrogen) atoms. The second-order valence-corrected chi connectivity index (χ2v) is 8.39. The number of nitrogens with one attached hydrogen (secondary N) is 1. The number of aryl methyl sites for hydroxylation is 2. The molecule has 170 valence electrons. The highest BCUT2D eigenvalue weighted by atomic mass is 16.5. The minimum absolute atomic E-state index is 0.0613. The van der Waals surface area contributed by atoms with Gasteiger partial charge in [0.15, 0.2) is 0 Å². The smallest absolute Gasteiger partial charge is 0.251 e. The van der Waals surface area contributed by atoms with Crippen LogP contribution in [0.4, 0.5) is 0 Å². The highest BCUT2D eigenvalue weighted by Gasteiger charge is 2.11. The monoisotopic (exact) mass is 441 g/mol. The predicted molar refractivity (Wildman–Crippen MR) is 133 cm³/mol. The topological polar surface area (TPSA) is 56.1 Å². The number of amides is 1.